The van der Waals surface area contributed by atoms with E-state index in [0.29, 0.717) is 19.1 Å². The Morgan fingerprint density at radius 1 is 1.11 bits per heavy atom. The van der Waals surface area contributed by atoms with E-state index in [1.165, 1.54) is 5.56 Å². The van der Waals surface area contributed by atoms with Gasteiger partial charge in [0.25, 0.3) is 0 Å². The summed E-state index contributed by atoms with van der Waals surface area (Å²) in [6, 6.07) is 10.4. The third-order valence-electron chi connectivity index (χ3n) is 2.82. The lowest BCUT2D eigenvalue weighted by Gasteiger charge is -2.17. The Hall–Kier alpha value is -0.900. The van der Waals surface area contributed by atoms with Gasteiger partial charge in [0.2, 0.25) is 0 Å². The van der Waals surface area contributed by atoms with Crippen LogP contribution >= 0.6 is 0 Å². The molecule has 1 rings (SSSR count). The van der Waals surface area contributed by atoms with Gasteiger partial charge in [-0.1, -0.05) is 37.3 Å². The molecule has 18 heavy (non-hydrogen) atoms. The van der Waals surface area contributed by atoms with Crippen molar-refractivity contribution in [2.24, 2.45) is 0 Å². The summed E-state index contributed by atoms with van der Waals surface area (Å²) in [5.74, 6) is 0.449. The second-order valence-corrected chi connectivity index (χ2v) is 5.01. The Balaban J connectivity index is 2.17. The average molecular weight is 251 g/mol. The van der Waals surface area contributed by atoms with Crippen LogP contribution in [0.1, 0.15) is 32.3 Å². The molecular weight excluding hydrogens is 226 g/mol. The zero-order valence-corrected chi connectivity index (χ0v) is 11.6. The van der Waals surface area contributed by atoms with Crippen molar-refractivity contribution < 1.29 is 9.84 Å². The summed E-state index contributed by atoms with van der Waals surface area (Å²) >= 11 is 0. The van der Waals surface area contributed by atoms with E-state index >= 15 is 0 Å². The standard InChI is InChI=1S/C15H25NO2/c1-12(2)18-11-15(17)10-16-9-13(3)14-7-5-4-6-8-14/h4-8,12-13,15-17H,9-11H2,1-3H3. The average Bonchev–Trinajstić information content (AvgIpc) is 2.37. The topological polar surface area (TPSA) is 41.5 Å². The van der Waals surface area contributed by atoms with Crippen LogP contribution in [0.3, 0.4) is 0 Å². The van der Waals surface area contributed by atoms with E-state index in [1.54, 1.807) is 0 Å². The molecule has 2 N–H and O–H groups in total. The number of hydrogen-bond acceptors (Lipinski definition) is 3. The molecular formula is C15H25NO2. The maximum atomic E-state index is 9.69. The lowest BCUT2D eigenvalue weighted by molar-refractivity contribution is 0.00639. The fraction of sp³-hybridized carbons (Fsp3) is 0.600. The van der Waals surface area contributed by atoms with Crippen molar-refractivity contribution in [3.63, 3.8) is 0 Å². The van der Waals surface area contributed by atoms with Crippen LogP contribution in [0.4, 0.5) is 0 Å². The first-order valence-electron chi connectivity index (χ1n) is 6.65. The quantitative estimate of drug-likeness (QED) is 0.744. The van der Waals surface area contributed by atoms with E-state index in [0.717, 1.165) is 6.54 Å². The summed E-state index contributed by atoms with van der Waals surface area (Å²) < 4.78 is 5.36. The van der Waals surface area contributed by atoms with Gasteiger partial charge < -0.3 is 15.2 Å². The number of benzene rings is 1. The Kier molecular flexibility index (Phi) is 6.94. The fourth-order valence-corrected chi connectivity index (χ4v) is 1.73. The van der Waals surface area contributed by atoms with E-state index in [2.05, 4.69) is 36.5 Å². The van der Waals surface area contributed by atoms with Gasteiger partial charge in [-0.3, -0.25) is 0 Å². The third kappa shape index (κ3) is 6.15. The normalized spacial score (nSPS) is 14.7. The Morgan fingerprint density at radius 3 is 2.39 bits per heavy atom. The summed E-state index contributed by atoms with van der Waals surface area (Å²) in [4.78, 5) is 0. The maximum absolute atomic E-state index is 9.69. The zero-order chi connectivity index (χ0) is 13.4. The highest BCUT2D eigenvalue weighted by Gasteiger charge is 2.08. The van der Waals surface area contributed by atoms with Crippen molar-refractivity contribution >= 4 is 0 Å². The number of aliphatic hydroxyl groups excluding tert-OH is 1. The van der Waals surface area contributed by atoms with Gasteiger partial charge in [0.1, 0.15) is 0 Å². The summed E-state index contributed by atoms with van der Waals surface area (Å²) in [6.07, 6.45) is -0.265. The molecule has 0 spiro atoms. The van der Waals surface area contributed by atoms with Crippen LogP contribution in [0.15, 0.2) is 30.3 Å². The molecule has 2 unspecified atom stereocenters. The van der Waals surface area contributed by atoms with Crippen molar-refractivity contribution in [2.45, 2.75) is 38.9 Å². The van der Waals surface area contributed by atoms with Crippen molar-refractivity contribution in [3.8, 4) is 0 Å². The van der Waals surface area contributed by atoms with Gasteiger partial charge in [0, 0.05) is 13.1 Å². The highest BCUT2D eigenvalue weighted by atomic mass is 16.5. The van der Waals surface area contributed by atoms with Gasteiger partial charge in [-0.05, 0) is 25.3 Å². The highest BCUT2D eigenvalue weighted by Crippen LogP contribution is 2.12. The second kappa shape index (κ2) is 8.25. The van der Waals surface area contributed by atoms with Gasteiger partial charge in [-0.25, -0.2) is 0 Å². The minimum Gasteiger partial charge on any atom is -0.389 e. The Bertz CT molecular complexity index is 314. The zero-order valence-electron chi connectivity index (χ0n) is 11.6. The Labute approximate surface area is 110 Å². The molecule has 102 valence electrons. The first-order valence-corrected chi connectivity index (χ1v) is 6.65. The largest absolute Gasteiger partial charge is 0.389 e. The monoisotopic (exact) mass is 251 g/mol. The molecule has 0 fully saturated rings. The van der Waals surface area contributed by atoms with Gasteiger partial charge in [0.05, 0.1) is 18.8 Å². The molecule has 1 aromatic carbocycles. The molecule has 0 heterocycles. The molecule has 1 aromatic rings. The maximum Gasteiger partial charge on any atom is 0.0897 e. The number of hydrogen-bond donors (Lipinski definition) is 2. The van der Waals surface area contributed by atoms with E-state index in [1.807, 2.05) is 19.9 Å². The van der Waals surface area contributed by atoms with Crippen LogP contribution in [0.25, 0.3) is 0 Å². The SMILES string of the molecule is CC(C)OCC(O)CNCC(C)c1ccccc1. The van der Waals surface area contributed by atoms with Crippen LogP contribution in [-0.2, 0) is 4.74 Å². The predicted octanol–water partition coefficient (Wildman–Crippen LogP) is 2.17. The molecule has 3 heteroatoms. The van der Waals surface area contributed by atoms with Crippen LogP contribution in [0.5, 0.6) is 0 Å². The molecule has 3 nitrogen and oxygen atoms in total. The smallest absolute Gasteiger partial charge is 0.0897 e. The van der Waals surface area contributed by atoms with E-state index in [9.17, 15) is 5.11 Å². The predicted molar refractivity (Wildman–Crippen MR) is 74.8 cm³/mol. The van der Waals surface area contributed by atoms with Gasteiger partial charge >= 0.3 is 0 Å². The molecule has 0 amide bonds. The lowest BCUT2D eigenvalue weighted by atomic mass is 10.0. The summed E-state index contributed by atoms with van der Waals surface area (Å²) in [6.45, 7) is 7.95. The molecule has 0 radical (unpaired) electrons. The minimum atomic E-state index is -0.435. The summed E-state index contributed by atoms with van der Waals surface area (Å²) in [5.41, 5.74) is 1.32. The first-order chi connectivity index (χ1) is 8.59. The van der Waals surface area contributed by atoms with Crippen molar-refractivity contribution in [1.82, 2.24) is 5.32 Å². The van der Waals surface area contributed by atoms with Gasteiger partial charge in [0.15, 0.2) is 0 Å². The van der Waals surface area contributed by atoms with Crippen LogP contribution in [0, 0.1) is 0 Å². The molecule has 2 atom stereocenters. The van der Waals surface area contributed by atoms with Crippen molar-refractivity contribution in [3.05, 3.63) is 35.9 Å². The van der Waals surface area contributed by atoms with Crippen molar-refractivity contribution in [2.75, 3.05) is 19.7 Å². The summed E-state index contributed by atoms with van der Waals surface area (Å²) in [7, 11) is 0. The van der Waals surface area contributed by atoms with Gasteiger partial charge in [-0.2, -0.15) is 0 Å². The number of ether oxygens (including phenoxy) is 1. The lowest BCUT2D eigenvalue weighted by Crippen LogP contribution is -2.33. The molecule has 0 aliphatic carbocycles. The number of nitrogens with one attached hydrogen (secondary N) is 1. The van der Waals surface area contributed by atoms with Gasteiger partial charge in [-0.15, -0.1) is 0 Å². The number of rotatable bonds is 8. The minimum absolute atomic E-state index is 0.169. The highest BCUT2D eigenvalue weighted by molar-refractivity contribution is 5.18. The third-order valence-corrected chi connectivity index (χ3v) is 2.82. The summed E-state index contributed by atoms with van der Waals surface area (Å²) in [5, 5.41) is 13.0. The van der Waals surface area contributed by atoms with Crippen LogP contribution in [0.2, 0.25) is 0 Å². The molecule has 0 saturated heterocycles. The first kappa shape index (κ1) is 15.2. The van der Waals surface area contributed by atoms with Crippen molar-refractivity contribution in [1.29, 1.82) is 0 Å². The molecule has 0 saturated carbocycles. The Morgan fingerprint density at radius 2 is 1.78 bits per heavy atom. The number of aliphatic hydroxyl groups is 1. The van der Waals surface area contributed by atoms with E-state index in [4.69, 9.17) is 4.74 Å². The molecule has 0 aliphatic heterocycles. The molecule has 0 bridgehead atoms. The van der Waals surface area contributed by atoms with Crippen LogP contribution < -0.4 is 5.32 Å². The van der Waals surface area contributed by atoms with E-state index < -0.39 is 6.10 Å². The molecule has 0 aliphatic rings. The fourth-order valence-electron chi connectivity index (χ4n) is 1.73. The van der Waals surface area contributed by atoms with Crippen LogP contribution in [-0.4, -0.2) is 37.0 Å². The van der Waals surface area contributed by atoms with E-state index in [-0.39, 0.29) is 6.10 Å². The second-order valence-electron chi connectivity index (χ2n) is 5.01. The molecule has 0 aromatic heterocycles.